The number of ether oxygens (including phenoxy) is 1. The van der Waals surface area contributed by atoms with Gasteiger partial charge in [0.25, 0.3) is 0 Å². The third-order valence-electron chi connectivity index (χ3n) is 3.21. The maximum atomic E-state index is 13.6. The normalized spacial score (nSPS) is 18.0. The highest BCUT2D eigenvalue weighted by Crippen LogP contribution is 2.28. The van der Waals surface area contributed by atoms with Crippen molar-refractivity contribution in [3.05, 3.63) is 41.5 Å². The maximum absolute atomic E-state index is 13.6. The van der Waals surface area contributed by atoms with Gasteiger partial charge >= 0.3 is 5.97 Å². The molecule has 1 aliphatic carbocycles. The van der Waals surface area contributed by atoms with Gasteiger partial charge in [-0.05, 0) is 31.9 Å². The molecule has 0 saturated heterocycles. The molecule has 1 unspecified atom stereocenters. The lowest BCUT2D eigenvalue weighted by Crippen LogP contribution is -2.31. The zero-order valence-corrected chi connectivity index (χ0v) is 12.6. The van der Waals surface area contributed by atoms with E-state index in [0.717, 1.165) is 12.1 Å². The van der Waals surface area contributed by atoms with Gasteiger partial charge in [-0.25, -0.2) is 22.0 Å². The summed E-state index contributed by atoms with van der Waals surface area (Å²) in [7, 11) is -4.04. The van der Waals surface area contributed by atoms with Crippen LogP contribution in [0.3, 0.4) is 0 Å². The molecule has 8 heteroatoms. The lowest BCUT2D eigenvalue weighted by molar-refractivity contribution is -0.138. The molecule has 0 fully saturated rings. The van der Waals surface area contributed by atoms with Crippen molar-refractivity contribution in [2.45, 2.75) is 25.0 Å². The number of carbonyl (C=O) groups is 1. The Morgan fingerprint density at radius 1 is 1.41 bits per heavy atom. The number of rotatable bonds is 5. The van der Waals surface area contributed by atoms with Gasteiger partial charge in [-0.1, -0.05) is 6.08 Å². The first-order valence-electron chi connectivity index (χ1n) is 6.69. The number of anilines is 1. The van der Waals surface area contributed by atoms with Gasteiger partial charge in [-0.3, -0.25) is 4.72 Å². The quantitative estimate of drug-likeness (QED) is 0.841. The Kier molecular flexibility index (Phi) is 4.80. The number of nitrogens with one attached hydrogen (secondary N) is 1. The Labute approximate surface area is 127 Å². The smallest absolute Gasteiger partial charge is 0.335 e. The highest BCUT2D eigenvalue weighted by molar-refractivity contribution is 7.93. The molecule has 1 aliphatic rings. The molecule has 22 heavy (non-hydrogen) atoms. The van der Waals surface area contributed by atoms with Crippen molar-refractivity contribution in [1.29, 1.82) is 0 Å². The molecule has 0 saturated carbocycles. The van der Waals surface area contributed by atoms with Crippen molar-refractivity contribution >= 4 is 21.7 Å². The molecule has 1 aromatic carbocycles. The highest BCUT2D eigenvalue weighted by atomic mass is 32.2. The summed E-state index contributed by atoms with van der Waals surface area (Å²) < 4.78 is 58.0. The van der Waals surface area contributed by atoms with Gasteiger partial charge in [0.15, 0.2) is 0 Å². The maximum Gasteiger partial charge on any atom is 0.335 e. The monoisotopic (exact) mass is 331 g/mol. The molecule has 0 aliphatic heterocycles. The number of allylic oxidation sites excluding steroid dienone is 1. The van der Waals surface area contributed by atoms with Gasteiger partial charge in [0, 0.05) is 6.07 Å². The predicted molar refractivity (Wildman–Crippen MR) is 76.6 cm³/mol. The van der Waals surface area contributed by atoms with Crippen molar-refractivity contribution in [3.63, 3.8) is 0 Å². The van der Waals surface area contributed by atoms with Crippen LogP contribution in [0.5, 0.6) is 0 Å². The largest absolute Gasteiger partial charge is 0.463 e. The molecule has 0 aromatic heterocycles. The Bertz CT molecular complexity index is 716. The molecule has 0 radical (unpaired) electrons. The fraction of sp³-hybridized carbons (Fsp3) is 0.357. The molecule has 0 bridgehead atoms. The van der Waals surface area contributed by atoms with E-state index in [-0.39, 0.29) is 24.3 Å². The van der Waals surface area contributed by atoms with E-state index in [9.17, 15) is 22.0 Å². The molecule has 1 N–H and O–H groups in total. The summed E-state index contributed by atoms with van der Waals surface area (Å²) in [5, 5.41) is -1.11. The Morgan fingerprint density at radius 3 is 2.77 bits per heavy atom. The minimum atomic E-state index is -4.04. The summed E-state index contributed by atoms with van der Waals surface area (Å²) in [4.78, 5) is 11.8. The fourth-order valence-corrected chi connectivity index (χ4v) is 3.81. The molecule has 0 spiro atoms. The van der Waals surface area contributed by atoms with Gasteiger partial charge in [0.1, 0.15) is 16.9 Å². The van der Waals surface area contributed by atoms with Gasteiger partial charge in [-0.15, -0.1) is 0 Å². The second-order valence-corrected chi connectivity index (χ2v) is 6.58. The first-order valence-corrected chi connectivity index (χ1v) is 8.23. The standard InChI is InChI=1S/C14H15F2NO4S/c1-2-21-14(18)10-4-3-5-13(10)22(19,20)17-12-7-6-9(15)8-11(12)16/h4,6-8,13,17H,2-3,5H2,1H3. The average molecular weight is 331 g/mol. The van der Waals surface area contributed by atoms with Crippen LogP contribution in [0.1, 0.15) is 19.8 Å². The van der Waals surface area contributed by atoms with Crippen LogP contribution in [0.25, 0.3) is 0 Å². The van der Waals surface area contributed by atoms with Crippen molar-refractivity contribution in [3.8, 4) is 0 Å². The third-order valence-corrected chi connectivity index (χ3v) is 4.95. The lowest BCUT2D eigenvalue weighted by Gasteiger charge is -2.17. The summed E-state index contributed by atoms with van der Waals surface area (Å²) in [6.07, 6.45) is 2.11. The molecule has 1 aromatic rings. The molecule has 2 rings (SSSR count). The van der Waals surface area contributed by atoms with Crippen molar-refractivity contribution in [1.82, 2.24) is 0 Å². The second-order valence-electron chi connectivity index (χ2n) is 4.72. The van der Waals surface area contributed by atoms with Crippen LogP contribution in [0.2, 0.25) is 0 Å². The summed E-state index contributed by atoms with van der Waals surface area (Å²) in [6, 6.07) is 2.51. The van der Waals surface area contributed by atoms with Crippen LogP contribution >= 0.6 is 0 Å². The summed E-state index contributed by atoms with van der Waals surface area (Å²) in [6.45, 7) is 1.74. The number of carbonyl (C=O) groups excluding carboxylic acids is 1. The minimum absolute atomic E-state index is 0.0388. The van der Waals surface area contributed by atoms with Gasteiger partial charge in [-0.2, -0.15) is 0 Å². The Balaban J connectivity index is 2.23. The zero-order valence-electron chi connectivity index (χ0n) is 11.8. The van der Waals surface area contributed by atoms with E-state index < -0.39 is 32.9 Å². The summed E-state index contributed by atoms with van der Waals surface area (Å²) in [5.74, 6) is -2.54. The van der Waals surface area contributed by atoms with E-state index >= 15 is 0 Å². The van der Waals surface area contributed by atoms with Gasteiger partial charge in [0.2, 0.25) is 10.0 Å². The molecular weight excluding hydrogens is 316 g/mol. The summed E-state index contributed by atoms with van der Waals surface area (Å²) in [5.41, 5.74) is -0.326. The predicted octanol–water partition coefficient (Wildman–Crippen LogP) is 2.36. The molecular formula is C14H15F2NO4S. The van der Waals surface area contributed by atoms with Gasteiger partial charge in [0.05, 0.1) is 17.9 Å². The van der Waals surface area contributed by atoms with E-state index in [4.69, 9.17) is 4.74 Å². The molecule has 5 nitrogen and oxygen atoms in total. The number of benzene rings is 1. The van der Waals surface area contributed by atoms with Crippen LogP contribution in [0.4, 0.5) is 14.5 Å². The lowest BCUT2D eigenvalue weighted by atomic mass is 10.2. The van der Waals surface area contributed by atoms with Crippen molar-refractivity contribution in [2.75, 3.05) is 11.3 Å². The second kappa shape index (κ2) is 6.43. The fourth-order valence-electron chi connectivity index (χ4n) is 2.23. The first-order chi connectivity index (χ1) is 10.3. The summed E-state index contributed by atoms with van der Waals surface area (Å²) >= 11 is 0. The van der Waals surface area contributed by atoms with Crippen LogP contribution < -0.4 is 4.72 Å². The number of hydrogen-bond acceptors (Lipinski definition) is 4. The number of sulfonamides is 1. The van der Waals surface area contributed by atoms with Crippen LogP contribution in [-0.4, -0.2) is 26.2 Å². The number of hydrogen-bond donors (Lipinski definition) is 1. The highest BCUT2D eigenvalue weighted by Gasteiger charge is 2.36. The minimum Gasteiger partial charge on any atom is -0.463 e. The average Bonchev–Trinajstić information content (AvgIpc) is 2.92. The van der Waals surface area contributed by atoms with Crippen LogP contribution in [0.15, 0.2) is 29.8 Å². The Hall–Kier alpha value is -1.96. The molecule has 120 valence electrons. The van der Waals surface area contributed by atoms with E-state index in [0.29, 0.717) is 12.5 Å². The third kappa shape index (κ3) is 3.44. The first kappa shape index (κ1) is 16.4. The molecule has 0 amide bonds. The zero-order chi connectivity index (χ0) is 16.3. The number of esters is 1. The molecule has 1 atom stereocenters. The molecule has 0 heterocycles. The van der Waals surface area contributed by atoms with Crippen molar-refractivity contribution < 1.29 is 26.7 Å². The number of halogens is 2. The van der Waals surface area contributed by atoms with E-state index in [2.05, 4.69) is 4.72 Å². The van der Waals surface area contributed by atoms with Crippen LogP contribution in [-0.2, 0) is 19.6 Å². The van der Waals surface area contributed by atoms with E-state index in [1.54, 1.807) is 6.92 Å². The Morgan fingerprint density at radius 2 is 2.14 bits per heavy atom. The SMILES string of the molecule is CCOC(=O)C1=CCCC1S(=O)(=O)Nc1ccc(F)cc1F. The van der Waals surface area contributed by atoms with Gasteiger partial charge < -0.3 is 4.74 Å². The topological polar surface area (TPSA) is 72.5 Å². The van der Waals surface area contributed by atoms with E-state index in [1.165, 1.54) is 6.08 Å². The van der Waals surface area contributed by atoms with Crippen LogP contribution in [0, 0.1) is 11.6 Å². The van der Waals surface area contributed by atoms with E-state index in [1.807, 2.05) is 0 Å². The van der Waals surface area contributed by atoms with Crippen molar-refractivity contribution in [2.24, 2.45) is 0 Å².